The Morgan fingerprint density at radius 2 is 2.18 bits per heavy atom. The van der Waals surface area contributed by atoms with Crippen LogP contribution in [0.1, 0.15) is 5.56 Å². The van der Waals surface area contributed by atoms with E-state index in [-0.39, 0.29) is 11.7 Å². The quantitative estimate of drug-likeness (QED) is 0.892. The van der Waals surface area contributed by atoms with E-state index in [1.807, 2.05) is 0 Å². The summed E-state index contributed by atoms with van der Waals surface area (Å²) in [7, 11) is 0. The molecule has 1 aliphatic heterocycles. The number of carbonyl (C=O) groups excluding carboxylic acids is 1. The zero-order chi connectivity index (χ0) is 12.1. The fourth-order valence-electron chi connectivity index (χ4n) is 1.32. The van der Waals surface area contributed by atoms with E-state index in [4.69, 9.17) is 0 Å². The zero-order valence-electron chi connectivity index (χ0n) is 9.02. The lowest BCUT2D eigenvalue weighted by atomic mass is 10.2. The molecule has 0 atom stereocenters. The Labute approximate surface area is 103 Å². The van der Waals surface area contributed by atoms with Crippen molar-refractivity contribution in [3.63, 3.8) is 0 Å². The number of thioether (sulfide) groups is 1. The van der Waals surface area contributed by atoms with Crippen LogP contribution in [0.25, 0.3) is 0 Å². The van der Waals surface area contributed by atoms with Gasteiger partial charge in [0.25, 0.3) is 5.91 Å². The lowest BCUT2D eigenvalue weighted by molar-refractivity contribution is -0.116. The molecular weight excluding hydrogens is 239 g/mol. The Bertz CT molecular complexity index is 468. The molecule has 3 nitrogen and oxygen atoms in total. The van der Waals surface area contributed by atoms with Crippen LogP contribution in [0.3, 0.4) is 0 Å². The topological polar surface area (TPSA) is 41.5 Å². The molecule has 0 radical (unpaired) electrons. The highest BCUT2D eigenvalue weighted by Gasteiger charge is 2.10. The van der Waals surface area contributed by atoms with Gasteiger partial charge in [-0.3, -0.25) is 9.79 Å². The normalized spacial score (nSPS) is 14.3. The van der Waals surface area contributed by atoms with Crippen LogP contribution >= 0.6 is 11.8 Å². The molecule has 1 aromatic rings. The predicted molar refractivity (Wildman–Crippen MR) is 67.3 cm³/mol. The van der Waals surface area contributed by atoms with Crippen LogP contribution in [-0.4, -0.2) is 17.9 Å². The molecular formula is C12H11FN2OS. The van der Waals surface area contributed by atoms with Gasteiger partial charge in [-0.15, -0.1) is 11.8 Å². The Morgan fingerprint density at radius 3 is 2.82 bits per heavy atom. The molecule has 5 heteroatoms. The van der Waals surface area contributed by atoms with Crippen molar-refractivity contribution in [1.82, 2.24) is 5.32 Å². The van der Waals surface area contributed by atoms with Crippen molar-refractivity contribution in [2.24, 2.45) is 4.99 Å². The van der Waals surface area contributed by atoms with E-state index in [1.54, 1.807) is 24.5 Å². The highest BCUT2D eigenvalue weighted by Crippen LogP contribution is 2.17. The maximum atomic E-state index is 12.7. The average molecular weight is 250 g/mol. The Hall–Kier alpha value is -1.62. The second-order valence-electron chi connectivity index (χ2n) is 3.45. The van der Waals surface area contributed by atoms with Gasteiger partial charge in [-0.25, -0.2) is 4.39 Å². The SMILES string of the molecule is O=C(NCc1ccc(F)cc1)C1=CN=CCS1. The first kappa shape index (κ1) is 11.9. The number of nitrogens with zero attached hydrogens (tertiary/aromatic N) is 1. The number of nitrogens with one attached hydrogen (secondary N) is 1. The molecule has 1 N–H and O–H groups in total. The fourth-order valence-corrected chi connectivity index (χ4v) is 2.00. The van der Waals surface area contributed by atoms with E-state index in [1.165, 1.54) is 23.9 Å². The number of rotatable bonds is 3. The molecule has 1 aliphatic rings. The minimum atomic E-state index is -0.278. The van der Waals surface area contributed by atoms with Crippen LogP contribution in [0, 0.1) is 5.82 Å². The van der Waals surface area contributed by atoms with Crippen molar-refractivity contribution in [2.75, 3.05) is 5.75 Å². The van der Waals surface area contributed by atoms with Gasteiger partial charge in [0, 0.05) is 24.7 Å². The van der Waals surface area contributed by atoms with Crippen molar-refractivity contribution >= 4 is 23.9 Å². The summed E-state index contributed by atoms with van der Waals surface area (Å²) < 4.78 is 12.7. The summed E-state index contributed by atoms with van der Waals surface area (Å²) in [5.74, 6) is 0.298. The number of benzene rings is 1. The molecule has 0 saturated heterocycles. The average Bonchev–Trinajstić information content (AvgIpc) is 2.39. The lowest BCUT2D eigenvalue weighted by Crippen LogP contribution is -2.24. The molecule has 1 aromatic carbocycles. The summed E-state index contributed by atoms with van der Waals surface area (Å²) in [5.41, 5.74) is 0.865. The molecule has 88 valence electrons. The van der Waals surface area contributed by atoms with Gasteiger partial charge in [-0.05, 0) is 17.7 Å². The van der Waals surface area contributed by atoms with E-state index in [9.17, 15) is 9.18 Å². The first-order valence-electron chi connectivity index (χ1n) is 5.13. The maximum absolute atomic E-state index is 12.7. The lowest BCUT2D eigenvalue weighted by Gasteiger charge is -2.08. The van der Waals surface area contributed by atoms with Gasteiger partial charge >= 0.3 is 0 Å². The minimum absolute atomic E-state index is 0.142. The number of carbonyl (C=O) groups is 1. The highest BCUT2D eigenvalue weighted by atomic mass is 32.2. The van der Waals surface area contributed by atoms with E-state index in [2.05, 4.69) is 10.3 Å². The van der Waals surface area contributed by atoms with Gasteiger partial charge in [-0.1, -0.05) is 12.1 Å². The van der Waals surface area contributed by atoms with Gasteiger partial charge in [0.15, 0.2) is 0 Å². The third-order valence-electron chi connectivity index (χ3n) is 2.20. The smallest absolute Gasteiger partial charge is 0.259 e. The van der Waals surface area contributed by atoms with E-state index in [0.717, 1.165) is 11.3 Å². The van der Waals surface area contributed by atoms with Crippen LogP contribution in [-0.2, 0) is 11.3 Å². The predicted octanol–water partition coefficient (Wildman–Crippen LogP) is 2.10. The Balaban J connectivity index is 1.89. The largest absolute Gasteiger partial charge is 0.347 e. The Morgan fingerprint density at radius 1 is 1.41 bits per heavy atom. The Kier molecular flexibility index (Phi) is 3.93. The third kappa shape index (κ3) is 3.42. The molecule has 1 heterocycles. The highest BCUT2D eigenvalue weighted by molar-refractivity contribution is 8.04. The summed E-state index contributed by atoms with van der Waals surface area (Å²) in [6.45, 7) is 0.390. The zero-order valence-corrected chi connectivity index (χ0v) is 9.84. The van der Waals surface area contributed by atoms with Crippen molar-refractivity contribution in [3.8, 4) is 0 Å². The molecule has 1 amide bonds. The molecule has 0 unspecified atom stereocenters. The summed E-state index contributed by atoms with van der Waals surface area (Å²) in [4.78, 5) is 16.2. The molecule has 0 aliphatic carbocycles. The molecule has 0 spiro atoms. The van der Waals surface area contributed by atoms with Gasteiger partial charge in [0.1, 0.15) is 5.82 Å². The second-order valence-corrected chi connectivity index (χ2v) is 4.51. The number of hydrogen-bond acceptors (Lipinski definition) is 3. The summed E-state index contributed by atoms with van der Waals surface area (Å²) in [6, 6.07) is 6.05. The standard InChI is InChI=1S/C12H11FN2OS/c13-10-3-1-9(2-4-10)7-15-12(16)11-8-14-5-6-17-11/h1-5,8H,6-7H2,(H,15,16). The number of hydrogen-bond donors (Lipinski definition) is 1. The van der Waals surface area contributed by atoms with Crippen LogP contribution < -0.4 is 5.32 Å². The molecule has 2 rings (SSSR count). The number of amides is 1. The van der Waals surface area contributed by atoms with E-state index >= 15 is 0 Å². The first-order chi connectivity index (χ1) is 8.25. The van der Waals surface area contributed by atoms with Gasteiger partial charge < -0.3 is 5.32 Å². The maximum Gasteiger partial charge on any atom is 0.259 e. The van der Waals surface area contributed by atoms with Crippen LogP contribution in [0.2, 0.25) is 0 Å². The third-order valence-corrected chi connectivity index (χ3v) is 3.12. The summed E-state index contributed by atoms with van der Waals surface area (Å²) in [6.07, 6.45) is 3.30. The van der Waals surface area contributed by atoms with Crippen molar-refractivity contribution < 1.29 is 9.18 Å². The van der Waals surface area contributed by atoms with E-state index in [0.29, 0.717) is 11.4 Å². The molecule has 0 aromatic heterocycles. The monoisotopic (exact) mass is 250 g/mol. The van der Waals surface area contributed by atoms with Crippen LogP contribution in [0.5, 0.6) is 0 Å². The second kappa shape index (κ2) is 5.63. The van der Waals surface area contributed by atoms with Gasteiger partial charge in [-0.2, -0.15) is 0 Å². The summed E-state index contributed by atoms with van der Waals surface area (Å²) in [5, 5.41) is 2.76. The van der Waals surface area contributed by atoms with Gasteiger partial charge in [0.05, 0.1) is 4.91 Å². The number of aliphatic imine (C=N–C) groups is 1. The number of halogens is 1. The van der Waals surface area contributed by atoms with Crippen LogP contribution in [0.4, 0.5) is 4.39 Å². The van der Waals surface area contributed by atoms with E-state index < -0.39 is 0 Å². The minimum Gasteiger partial charge on any atom is -0.347 e. The van der Waals surface area contributed by atoms with Crippen molar-refractivity contribution in [2.45, 2.75) is 6.54 Å². The van der Waals surface area contributed by atoms with Crippen LogP contribution in [0.15, 0.2) is 40.4 Å². The molecule has 0 saturated carbocycles. The fraction of sp³-hybridized carbons (Fsp3) is 0.167. The van der Waals surface area contributed by atoms with Crippen molar-refractivity contribution in [1.29, 1.82) is 0 Å². The van der Waals surface area contributed by atoms with Gasteiger partial charge in [0.2, 0.25) is 0 Å². The summed E-state index contributed by atoms with van der Waals surface area (Å²) >= 11 is 1.45. The molecule has 0 fully saturated rings. The molecule has 17 heavy (non-hydrogen) atoms. The molecule has 0 bridgehead atoms. The van der Waals surface area contributed by atoms with Crippen molar-refractivity contribution in [3.05, 3.63) is 46.8 Å². The first-order valence-corrected chi connectivity index (χ1v) is 6.11.